The van der Waals surface area contributed by atoms with Gasteiger partial charge in [0.1, 0.15) is 0 Å². The standard InChI is InChI=1S/2C54H38BN3/c1-6-18-39(19-7-1)41-22-16-29-46(36-41)58-51-31-17-30-50-54(51)55(48-34-32-42(37-52(48)58)40-20-8-2-9-21-40)49-35-33-47(38-53(49)57(50)45-27-14-5-15-28-45)56(43-23-10-3-11-24-43)44-25-12-4-13-26-44;1-6-20-39(21-7-1)45-30-16-17-33-49(45)58-51-35-19-34-50-53(51)55(48-32-18-31-46(54(48)58)40-22-8-2-9-23-40)47-37-36-44(38-52(47)57(50)43-28-14-5-15-29-43)56(41-24-10-3-11-25-41)42-26-12-4-13-27-42/h2*1-38H. The molecule has 0 amide bonds. The van der Waals surface area contributed by atoms with Crippen LogP contribution in [-0.2, 0) is 0 Å². The van der Waals surface area contributed by atoms with Crippen LogP contribution >= 0.6 is 0 Å². The Hall–Kier alpha value is -15.1. The number of hydrogen-bond acceptors (Lipinski definition) is 6. The van der Waals surface area contributed by atoms with Crippen LogP contribution in [0.3, 0.4) is 0 Å². The van der Waals surface area contributed by atoms with E-state index in [-0.39, 0.29) is 13.4 Å². The van der Waals surface area contributed by atoms with Crippen molar-refractivity contribution in [2.45, 2.75) is 0 Å². The molecule has 8 heteroatoms. The van der Waals surface area contributed by atoms with Crippen LogP contribution in [0, 0.1) is 0 Å². The highest BCUT2D eigenvalue weighted by Gasteiger charge is 2.46. The van der Waals surface area contributed by atoms with Crippen LogP contribution in [0.15, 0.2) is 461 Å². The van der Waals surface area contributed by atoms with Gasteiger partial charge in [0.05, 0.1) is 5.69 Å². The number of hydrogen-bond donors (Lipinski definition) is 0. The van der Waals surface area contributed by atoms with Crippen molar-refractivity contribution < 1.29 is 0 Å². The topological polar surface area (TPSA) is 19.4 Å². The molecule has 22 rings (SSSR count). The number of para-hydroxylation sites is 8. The molecular formula is C108H76B2N6. The summed E-state index contributed by atoms with van der Waals surface area (Å²) in [6.07, 6.45) is 0. The fourth-order valence-corrected chi connectivity index (χ4v) is 18.3. The first-order valence-electron chi connectivity index (χ1n) is 40.0. The maximum absolute atomic E-state index is 2.55. The largest absolute Gasteiger partial charge is 0.311 e. The molecule has 4 heterocycles. The van der Waals surface area contributed by atoms with Crippen LogP contribution in [0.2, 0.25) is 0 Å². The van der Waals surface area contributed by atoms with Crippen molar-refractivity contribution in [3.8, 4) is 44.5 Å². The van der Waals surface area contributed by atoms with E-state index >= 15 is 0 Å². The predicted octanol–water partition coefficient (Wildman–Crippen LogP) is 25.1. The summed E-state index contributed by atoms with van der Waals surface area (Å²) in [4.78, 5) is 14.7. The molecule has 0 aliphatic carbocycles. The lowest BCUT2D eigenvalue weighted by molar-refractivity contribution is 1.24. The molecule has 0 bridgehead atoms. The quantitative estimate of drug-likeness (QED) is 0.100. The van der Waals surface area contributed by atoms with Gasteiger partial charge in [0, 0.05) is 108 Å². The number of benzene rings is 18. The van der Waals surface area contributed by atoms with E-state index in [1.807, 2.05) is 0 Å². The molecule has 0 fully saturated rings. The van der Waals surface area contributed by atoms with Crippen LogP contribution < -0.4 is 62.2 Å². The molecular weight excluding hydrogens is 1400 g/mol. The van der Waals surface area contributed by atoms with Crippen molar-refractivity contribution in [2.75, 3.05) is 29.4 Å². The Balaban J connectivity index is 0.000000145. The van der Waals surface area contributed by atoms with Gasteiger partial charge in [0.2, 0.25) is 0 Å². The number of nitrogens with zero attached hydrogens (tertiary/aromatic N) is 6. The van der Waals surface area contributed by atoms with Gasteiger partial charge >= 0.3 is 0 Å². The van der Waals surface area contributed by atoms with Crippen LogP contribution in [0.25, 0.3) is 44.5 Å². The Bertz CT molecular complexity index is 6530. The molecule has 0 N–H and O–H groups in total. The maximum Gasteiger partial charge on any atom is 0.252 e. The Labute approximate surface area is 679 Å². The zero-order valence-electron chi connectivity index (χ0n) is 63.7. The Kier molecular flexibility index (Phi) is 17.7. The molecule has 0 unspecified atom stereocenters. The van der Waals surface area contributed by atoms with Gasteiger partial charge in [-0.15, -0.1) is 0 Å². The monoisotopic (exact) mass is 1480 g/mol. The fourth-order valence-electron chi connectivity index (χ4n) is 18.3. The third kappa shape index (κ3) is 12.2. The van der Waals surface area contributed by atoms with Crippen LogP contribution in [0.5, 0.6) is 0 Å². The minimum Gasteiger partial charge on any atom is -0.311 e. The highest BCUT2D eigenvalue weighted by atomic mass is 15.2. The molecule has 0 spiro atoms. The normalized spacial score (nSPS) is 12.4. The molecule has 0 saturated heterocycles. The van der Waals surface area contributed by atoms with Gasteiger partial charge < -0.3 is 29.4 Å². The van der Waals surface area contributed by atoms with E-state index in [1.54, 1.807) is 0 Å². The van der Waals surface area contributed by atoms with E-state index in [0.717, 1.165) is 56.9 Å². The molecule has 0 radical (unpaired) electrons. The van der Waals surface area contributed by atoms with E-state index in [4.69, 9.17) is 0 Å². The molecule has 4 aliphatic rings. The van der Waals surface area contributed by atoms with Crippen molar-refractivity contribution in [3.63, 3.8) is 0 Å². The first-order chi connectivity index (χ1) is 57.6. The zero-order valence-corrected chi connectivity index (χ0v) is 63.7. The third-order valence-electron chi connectivity index (χ3n) is 23.2. The van der Waals surface area contributed by atoms with Crippen LogP contribution in [-0.4, -0.2) is 13.4 Å². The van der Waals surface area contributed by atoms with E-state index in [0.29, 0.717) is 0 Å². The Morgan fingerprint density at radius 1 is 0.164 bits per heavy atom. The van der Waals surface area contributed by atoms with Crippen molar-refractivity contribution >= 4 is 149 Å². The number of anilines is 18. The molecule has 0 aromatic heterocycles. The molecule has 0 atom stereocenters. The smallest absolute Gasteiger partial charge is 0.252 e. The fraction of sp³-hybridized carbons (Fsp3) is 0. The summed E-state index contributed by atoms with van der Waals surface area (Å²) in [5.74, 6) is 0. The van der Waals surface area contributed by atoms with Gasteiger partial charge in [0.15, 0.2) is 0 Å². The summed E-state index contributed by atoms with van der Waals surface area (Å²) < 4.78 is 0. The molecule has 4 aliphatic heterocycles. The lowest BCUT2D eigenvalue weighted by atomic mass is 9.33. The molecule has 6 nitrogen and oxygen atoms in total. The molecule has 116 heavy (non-hydrogen) atoms. The predicted molar refractivity (Wildman–Crippen MR) is 492 cm³/mol. The van der Waals surface area contributed by atoms with Crippen LogP contribution in [0.1, 0.15) is 0 Å². The van der Waals surface area contributed by atoms with Gasteiger partial charge in [-0.05, 0) is 212 Å². The highest BCUT2D eigenvalue weighted by Crippen LogP contribution is 2.52. The third-order valence-corrected chi connectivity index (χ3v) is 23.2. The molecule has 544 valence electrons. The summed E-state index contributed by atoms with van der Waals surface area (Å²) in [5.41, 5.74) is 38.0. The van der Waals surface area contributed by atoms with Crippen molar-refractivity contribution in [1.82, 2.24) is 0 Å². The van der Waals surface area contributed by atoms with E-state index in [9.17, 15) is 0 Å². The van der Waals surface area contributed by atoms with Crippen molar-refractivity contribution in [2.24, 2.45) is 0 Å². The van der Waals surface area contributed by atoms with Gasteiger partial charge in [-0.2, -0.15) is 0 Å². The first kappa shape index (κ1) is 68.9. The Morgan fingerprint density at radius 2 is 0.466 bits per heavy atom. The second-order valence-electron chi connectivity index (χ2n) is 29.8. The SMILES string of the molecule is c1ccc(-c2cccc(N3c4cc(-c5ccccc5)ccc4B4c5ccc(N(c6ccccc6)c6ccccc6)cc5N(c5ccccc5)c5cccc3c54)c2)cc1.c1ccc(-c2ccccc2N2c3cccc4c3B(c3ccc(N(c5ccccc5)c5ccccc5)cc3N4c3ccccc3)c3cccc(-c4ccccc4)c32)cc1. The summed E-state index contributed by atoms with van der Waals surface area (Å²) in [6, 6.07) is 167. The van der Waals surface area contributed by atoms with Crippen molar-refractivity contribution in [1.29, 1.82) is 0 Å². The van der Waals surface area contributed by atoms with Crippen molar-refractivity contribution in [3.05, 3.63) is 461 Å². The van der Waals surface area contributed by atoms with Gasteiger partial charge in [-0.3, -0.25) is 0 Å². The molecule has 0 saturated carbocycles. The maximum atomic E-state index is 2.55. The number of rotatable bonds is 14. The van der Waals surface area contributed by atoms with Crippen LogP contribution in [0.4, 0.5) is 102 Å². The lowest BCUT2D eigenvalue weighted by Crippen LogP contribution is -2.61. The van der Waals surface area contributed by atoms with Gasteiger partial charge in [-0.25, -0.2) is 0 Å². The summed E-state index contributed by atoms with van der Waals surface area (Å²) in [5, 5.41) is 0. The minimum atomic E-state index is -0.0177. The number of fused-ring (bicyclic) bond motifs is 8. The van der Waals surface area contributed by atoms with E-state index in [2.05, 4.69) is 490 Å². The minimum absolute atomic E-state index is 0.00509. The summed E-state index contributed by atoms with van der Waals surface area (Å²) >= 11 is 0. The average molecular weight is 1480 g/mol. The Morgan fingerprint density at radius 3 is 0.922 bits per heavy atom. The highest BCUT2D eigenvalue weighted by molar-refractivity contribution is 7.01. The summed E-state index contributed by atoms with van der Waals surface area (Å²) in [6.45, 7) is -0.0126. The second-order valence-corrected chi connectivity index (χ2v) is 29.8. The molecule has 18 aromatic carbocycles. The van der Waals surface area contributed by atoms with Gasteiger partial charge in [-0.1, -0.05) is 315 Å². The second kappa shape index (κ2) is 29.9. The first-order valence-corrected chi connectivity index (χ1v) is 40.0. The van der Waals surface area contributed by atoms with E-state index < -0.39 is 0 Å². The average Bonchev–Trinajstić information content (AvgIpc) is 0.702. The summed E-state index contributed by atoms with van der Waals surface area (Å²) in [7, 11) is 0. The molecule has 18 aromatic rings. The van der Waals surface area contributed by atoms with E-state index in [1.165, 1.54) is 123 Å². The van der Waals surface area contributed by atoms with Gasteiger partial charge in [0.25, 0.3) is 13.4 Å². The lowest BCUT2D eigenvalue weighted by Gasteiger charge is -2.45. The zero-order chi connectivity index (χ0) is 76.8.